The summed E-state index contributed by atoms with van der Waals surface area (Å²) in [4.78, 5) is 35.1. The van der Waals surface area contributed by atoms with E-state index in [4.69, 9.17) is 14.7 Å². The van der Waals surface area contributed by atoms with Gasteiger partial charge in [0.25, 0.3) is 5.91 Å². The van der Waals surface area contributed by atoms with Gasteiger partial charge in [0.2, 0.25) is 0 Å². The first-order valence-corrected chi connectivity index (χ1v) is 10.3. The number of aromatic hydroxyl groups is 1. The van der Waals surface area contributed by atoms with Gasteiger partial charge in [-0.3, -0.25) is 20.1 Å². The van der Waals surface area contributed by atoms with E-state index < -0.39 is 18.1 Å². The lowest BCUT2D eigenvalue weighted by Crippen LogP contribution is -2.22. The first-order chi connectivity index (χ1) is 15.7. The zero-order chi connectivity index (χ0) is 24.4. The van der Waals surface area contributed by atoms with E-state index in [1.165, 1.54) is 31.7 Å². The normalized spacial score (nSPS) is 12.6. The smallest absolute Gasteiger partial charge is 0.412 e. The van der Waals surface area contributed by atoms with Gasteiger partial charge in [-0.15, -0.1) is 0 Å². The molecule has 0 radical (unpaired) electrons. The highest BCUT2D eigenvalue weighted by Gasteiger charge is 2.24. The van der Waals surface area contributed by atoms with Crippen molar-refractivity contribution in [2.24, 2.45) is 5.92 Å². The average Bonchev–Trinajstić information content (AvgIpc) is 2.80. The summed E-state index contributed by atoms with van der Waals surface area (Å²) >= 11 is 0. The highest BCUT2D eigenvalue weighted by Crippen LogP contribution is 2.35. The molecule has 2 aromatic rings. The van der Waals surface area contributed by atoms with Gasteiger partial charge in [0, 0.05) is 17.3 Å². The lowest BCUT2D eigenvalue weighted by Gasteiger charge is -2.25. The topological polar surface area (TPSA) is 134 Å². The van der Waals surface area contributed by atoms with Crippen molar-refractivity contribution in [3.05, 3.63) is 65.7 Å². The van der Waals surface area contributed by atoms with Gasteiger partial charge in [-0.1, -0.05) is 19.1 Å². The van der Waals surface area contributed by atoms with Gasteiger partial charge in [-0.25, -0.2) is 10.3 Å². The number of phenols is 1. The van der Waals surface area contributed by atoms with E-state index in [1.807, 2.05) is 6.92 Å². The molecule has 176 valence electrons. The van der Waals surface area contributed by atoms with Crippen molar-refractivity contribution in [3.8, 4) is 11.5 Å². The second-order valence-electron chi connectivity index (χ2n) is 7.45. The Kier molecular flexibility index (Phi) is 9.44. The minimum absolute atomic E-state index is 0.0807. The van der Waals surface area contributed by atoms with Gasteiger partial charge in [0.1, 0.15) is 6.10 Å². The third-order valence-corrected chi connectivity index (χ3v) is 4.99. The maximum atomic E-state index is 12.6. The summed E-state index contributed by atoms with van der Waals surface area (Å²) in [5.74, 6) is -0.701. The van der Waals surface area contributed by atoms with Crippen LogP contribution < -0.4 is 15.5 Å². The fraction of sp³-hybridized carbons (Fsp3) is 0.292. The first-order valence-electron chi connectivity index (χ1n) is 10.3. The van der Waals surface area contributed by atoms with Crippen LogP contribution in [-0.4, -0.2) is 35.2 Å². The fourth-order valence-corrected chi connectivity index (χ4v) is 3.19. The van der Waals surface area contributed by atoms with E-state index in [0.717, 1.165) is 0 Å². The van der Waals surface area contributed by atoms with Crippen molar-refractivity contribution in [2.75, 3.05) is 12.4 Å². The Morgan fingerprint density at radius 3 is 2.39 bits per heavy atom. The van der Waals surface area contributed by atoms with Crippen LogP contribution in [-0.2, 0) is 9.53 Å². The lowest BCUT2D eigenvalue weighted by molar-refractivity contribution is -0.124. The summed E-state index contributed by atoms with van der Waals surface area (Å²) in [6.45, 7) is 3.33. The van der Waals surface area contributed by atoms with Crippen LogP contribution >= 0.6 is 0 Å². The Morgan fingerprint density at radius 2 is 1.82 bits per heavy atom. The second kappa shape index (κ2) is 12.3. The van der Waals surface area contributed by atoms with Crippen molar-refractivity contribution in [2.45, 2.75) is 32.8 Å². The molecule has 0 unspecified atom stereocenters. The predicted molar refractivity (Wildman–Crippen MR) is 121 cm³/mol. The number of carbonyl (C=O) groups is 3. The van der Waals surface area contributed by atoms with Gasteiger partial charge in [-0.05, 0) is 67.6 Å². The number of ketones is 1. The molecule has 9 nitrogen and oxygen atoms in total. The number of methoxy groups -OCH3 is 1. The summed E-state index contributed by atoms with van der Waals surface area (Å²) < 4.78 is 10.8. The quantitative estimate of drug-likeness (QED) is 0.180. The van der Waals surface area contributed by atoms with Crippen molar-refractivity contribution < 1.29 is 34.2 Å². The Labute approximate surface area is 192 Å². The Bertz CT molecular complexity index is 1000. The van der Waals surface area contributed by atoms with Crippen LogP contribution in [0.4, 0.5) is 10.5 Å². The number of hydroxylamine groups is 1. The molecule has 33 heavy (non-hydrogen) atoms. The number of carbonyl (C=O) groups excluding carboxylic acids is 3. The molecule has 9 heteroatoms. The summed E-state index contributed by atoms with van der Waals surface area (Å²) in [6, 6.07) is 11.2. The number of Topliss-reactive ketones (excluding diaryl/α,β-unsaturated/α-hetero) is 1. The Balaban J connectivity index is 2.16. The summed E-state index contributed by atoms with van der Waals surface area (Å²) in [5.41, 5.74) is 3.08. The minimum atomic E-state index is -0.710. The molecule has 0 saturated heterocycles. The number of hydrogen-bond donors (Lipinski definition) is 4. The molecule has 0 aliphatic rings. The maximum absolute atomic E-state index is 12.6. The zero-order valence-corrected chi connectivity index (χ0v) is 18.7. The number of hydrogen-bond acceptors (Lipinski definition) is 7. The second-order valence-corrected chi connectivity index (χ2v) is 7.45. The molecule has 2 amide bonds. The van der Waals surface area contributed by atoms with Crippen LogP contribution in [0.1, 0.15) is 48.7 Å². The summed E-state index contributed by atoms with van der Waals surface area (Å²) in [5, 5.41) is 21.4. The number of amides is 2. The van der Waals surface area contributed by atoms with Gasteiger partial charge in [0.15, 0.2) is 17.3 Å². The van der Waals surface area contributed by atoms with Crippen LogP contribution in [0.15, 0.2) is 54.6 Å². The van der Waals surface area contributed by atoms with Gasteiger partial charge in [-0.2, -0.15) is 0 Å². The van der Waals surface area contributed by atoms with Crippen molar-refractivity contribution >= 4 is 23.5 Å². The zero-order valence-electron chi connectivity index (χ0n) is 18.7. The number of allylic oxidation sites excluding steroid dienone is 1. The van der Waals surface area contributed by atoms with Crippen LogP contribution in [0.3, 0.4) is 0 Å². The molecule has 0 heterocycles. The molecular formula is C24H28N2O7. The molecule has 0 aliphatic carbocycles. The first kappa shape index (κ1) is 25.4. The number of phenolic OH excluding ortho intramolecular Hbond substituents is 1. The largest absolute Gasteiger partial charge is 0.504 e. The number of benzene rings is 2. The van der Waals surface area contributed by atoms with Gasteiger partial charge in [0.05, 0.1) is 7.11 Å². The van der Waals surface area contributed by atoms with Crippen molar-refractivity contribution in [1.82, 2.24) is 5.48 Å². The molecule has 0 aliphatic heterocycles. The average molecular weight is 456 g/mol. The lowest BCUT2D eigenvalue weighted by atomic mass is 9.92. The number of anilines is 1. The minimum Gasteiger partial charge on any atom is -0.504 e. The molecular weight excluding hydrogens is 428 g/mol. The molecule has 0 aromatic heterocycles. The van der Waals surface area contributed by atoms with Crippen molar-refractivity contribution in [3.63, 3.8) is 0 Å². The van der Waals surface area contributed by atoms with E-state index in [2.05, 4.69) is 5.32 Å². The van der Waals surface area contributed by atoms with E-state index in [9.17, 15) is 19.5 Å². The monoisotopic (exact) mass is 456 g/mol. The molecule has 2 rings (SSSR count). The Hall–Kier alpha value is -3.85. The van der Waals surface area contributed by atoms with E-state index >= 15 is 0 Å². The fourth-order valence-electron chi connectivity index (χ4n) is 3.19. The number of ether oxygens (including phenoxy) is 2. The Morgan fingerprint density at radius 1 is 1.12 bits per heavy atom. The van der Waals surface area contributed by atoms with Crippen LogP contribution in [0.5, 0.6) is 11.5 Å². The predicted octanol–water partition coefficient (Wildman–Crippen LogP) is 4.37. The molecule has 2 aromatic carbocycles. The standard InChI is InChI=1S/C24H28N2O7/c1-15(6-4-5-7-22(29)26-31)23(18-10-13-21(32-3)20(28)14-18)33-24(30)25-19-11-8-17(9-12-19)16(2)27/h5,7-15,23,28,31H,4,6H2,1-3H3,(H,25,30)(H,26,29)/b7-5+/t15-,23+/m1/s1. The van der Waals surface area contributed by atoms with E-state index in [1.54, 1.807) is 42.5 Å². The SMILES string of the molecule is COc1ccc([C@@H](OC(=O)Nc2ccc(C(C)=O)cc2)[C@H](C)CC/C=C/C(=O)NO)cc1O. The maximum Gasteiger partial charge on any atom is 0.412 e. The van der Waals surface area contributed by atoms with Gasteiger partial charge < -0.3 is 14.6 Å². The molecule has 2 atom stereocenters. The van der Waals surface area contributed by atoms with Gasteiger partial charge >= 0.3 is 6.09 Å². The molecule has 0 fully saturated rings. The van der Waals surface area contributed by atoms with E-state index in [-0.39, 0.29) is 23.2 Å². The molecule has 0 spiro atoms. The third kappa shape index (κ3) is 7.65. The van der Waals surface area contributed by atoms with E-state index in [0.29, 0.717) is 29.7 Å². The van der Waals surface area contributed by atoms with Crippen LogP contribution in [0.2, 0.25) is 0 Å². The van der Waals surface area contributed by atoms with Crippen LogP contribution in [0, 0.1) is 5.92 Å². The number of nitrogens with one attached hydrogen (secondary N) is 2. The van der Waals surface area contributed by atoms with Crippen LogP contribution in [0.25, 0.3) is 0 Å². The summed E-state index contributed by atoms with van der Waals surface area (Å²) in [6.07, 6.45) is 2.43. The molecule has 0 saturated carbocycles. The summed E-state index contributed by atoms with van der Waals surface area (Å²) in [7, 11) is 1.44. The highest BCUT2D eigenvalue weighted by molar-refractivity contribution is 5.95. The molecule has 0 bridgehead atoms. The highest BCUT2D eigenvalue weighted by atomic mass is 16.6. The third-order valence-electron chi connectivity index (χ3n) is 4.99. The number of rotatable bonds is 10. The van der Waals surface area contributed by atoms with Crippen molar-refractivity contribution in [1.29, 1.82) is 0 Å². The molecule has 4 N–H and O–H groups in total.